The molecule has 144 valence electrons. The van der Waals surface area contributed by atoms with Gasteiger partial charge in [0, 0.05) is 13.0 Å². The Balaban J connectivity index is 1.48. The Labute approximate surface area is 154 Å². The van der Waals surface area contributed by atoms with Gasteiger partial charge in [0.05, 0.1) is 12.6 Å². The number of aliphatic carboxylic acids is 1. The van der Waals surface area contributed by atoms with Crippen LogP contribution in [-0.2, 0) is 20.9 Å². The number of ether oxygens (including phenoxy) is 1. The first kappa shape index (κ1) is 18.6. The summed E-state index contributed by atoms with van der Waals surface area (Å²) in [5.41, 5.74) is 0.789. The van der Waals surface area contributed by atoms with Gasteiger partial charge in [0.2, 0.25) is 0 Å². The Morgan fingerprint density at radius 3 is 2.52 bits per heavy atom. The van der Waals surface area contributed by atoms with Gasteiger partial charge in [-0.2, -0.15) is 0 Å². The molecule has 0 saturated carbocycles. The van der Waals surface area contributed by atoms with Gasteiger partial charge in [-0.1, -0.05) is 30.3 Å². The van der Waals surface area contributed by atoms with Crippen LogP contribution in [0.1, 0.15) is 12.0 Å². The summed E-state index contributed by atoms with van der Waals surface area (Å²) in [6, 6.07) is 6.12. The molecule has 10 heteroatoms. The van der Waals surface area contributed by atoms with Gasteiger partial charge in [-0.15, -0.1) is 0 Å². The van der Waals surface area contributed by atoms with Gasteiger partial charge in [0.15, 0.2) is 0 Å². The van der Waals surface area contributed by atoms with E-state index in [9.17, 15) is 24.3 Å². The third kappa shape index (κ3) is 4.00. The van der Waals surface area contributed by atoms with Crippen LogP contribution in [0.2, 0.25) is 0 Å². The molecule has 0 spiro atoms. The number of carbonyl (C=O) groups is 4. The molecule has 0 bridgehead atoms. The number of aliphatic hydroxyl groups excluding tert-OH is 1. The number of nitrogens with one attached hydrogen (secondary N) is 1. The van der Waals surface area contributed by atoms with Crippen LogP contribution in [0.4, 0.5) is 9.59 Å². The molecule has 0 unspecified atom stereocenters. The Morgan fingerprint density at radius 1 is 1.19 bits per heavy atom. The van der Waals surface area contributed by atoms with Gasteiger partial charge in [-0.3, -0.25) is 9.69 Å². The van der Waals surface area contributed by atoms with Gasteiger partial charge < -0.3 is 25.2 Å². The van der Waals surface area contributed by atoms with E-state index in [2.05, 4.69) is 5.32 Å². The number of imide groups is 1. The normalized spacial score (nSPS) is 24.3. The predicted molar refractivity (Wildman–Crippen MR) is 89.4 cm³/mol. The lowest BCUT2D eigenvalue weighted by Gasteiger charge is -2.39. The zero-order valence-corrected chi connectivity index (χ0v) is 14.3. The predicted octanol–water partition coefficient (Wildman–Crippen LogP) is -0.237. The van der Waals surface area contributed by atoms with E-state index in [1.165, 1.54) is 0 Å². The Bertz CT molecular complexity index is 754. The van der Waals surface area contributed by atoms with Crippen molar-refractivity contribution in [2.45, 2.75) is 31.2 Å². The molecule has 3 rings (SSSR count). The number of rotatable bonds is 4. The number of carboxylic acid groups (broad SMARTS) is 1. The number of carbonyl (C=O) groups excluding carboxylic acids is 3. The second-order valence-corrected chi connectivity index (χ2v) is 6.39. The van der Waals surface area contributed by atoms with Crippen molar-refractivity contribution in [1.29, 1.82) is 0 Å². The average molecular weight is 377 g/mol. The fourth-order valence-electron chi connectivity index (χ4n) is 3.03. The summed E-state index contributed by atoms with van der Waals surface area (Å²) in [6.45, 7) is -0.198. The lowest BCUT2D eigenvalue weighted by molar-refractivity contribution is -0.144. The molecule has 3 N–H and O–H groups in total. The number of aliphatic hydroxyl groups is 1. The number of β-lactam (4-membered cyclic amide) rings is 1. The first-order valence-electron chi connectivity index (χ1n) is 8.37. The number of amides is 4. The largest absolute Gasteiger partial charge is 0.480 e. The fraction of sp³-hybridized carbons (Fsp3) is 0.412. The van der Waals surface area contributed by atoms with Gasteiger partial charge in [-0.05, 0) is 5.56 Å². The van der Waals surface area contributed by atoms with E-state index in [-0.39, 0.29) is 26.1 Å². The van der Waals surface area contributed by atoms with E-state index in [0.29, 0.717) is 0 Å². The number of benzene rings is 1. The van der Waals surface area contributed by atoms with Crippen molar-refractivity contribution in [1.82, 2.24) is 15.1 Å². The number of likely N-dealkylation sites (tertiary alicyclic amines) is 2. The Hall–Kier alpha value is -3.14. The second-order valence-electron chi connectivity index (χ2n) is 6.39. The molecule has 10 nitrogen and oxygen atoms in total. The highest BCUT2D eigenvalue weighted by Gasteiger charge is 2.48. The van der Waals surface area contributed by atoms with Gasteiger partial charge in [0.25, 0.3) is 5.91 Å². The van der Waals surface area contributed by atoms with E-state index < -0.39 is 42.2 Å². The van der Waals surface area contributed by atoms with Crippen molar-refractivity contribution in [3.05, 3.63) is 35.9 Å². The van der Waals surface area contributed by atoms with Gasteiger partial charge in [0.1, 0.15) is 18.7 Å². The highest BCUT2D eigenvalue weighted by Crippen LogP contribution is 2.23. The molecule has 4 amide bonds. The molecule has 27 heavy (non-hydrogen) atoms. The van der Waals surface area contributed by atoms with Crippen LogP contribution in [0.5, 0.6) is 0 Å². The minimum atomic E-state index is -1.24. The van der Waals surface area contributed by atoms with E-state index >= 15 is 0 Å². The van der Waals surface area contributed by atoms with Crippen LogP contribution in [0, 0.1) is 0 Å². The second kappa shape index (κ2) is 7.62. The zero-order chi connectivity index (χ0) is 19.6. The summed E-state index contributed by atoms with van der Waals surface area (Å²) < 4.78 is 5.01. The lowest BCUT2D eigenvalue weighted by Crippen LogP contribution is -2.68. The molecule has 0 aliphatic carbocycles. The summed E-state index contributed by atoms with van der Waals surface area (Å²) in [5.74, 6) is -1.89. The average Bonchev–Trinajstić information content (AvgIpc) is 3.05. The minimum absolute atomic E-state index is 0.0438. The molecule has 2 fully saturated rings. The summed E-state index contributed by atoms with van der Waals surface area (Å²) in [7, 11) is 0. The maximum Gasteiger partial charge on any atom is 0.408 e. The molecular formula is C17H19N3O7. The molecular weight excluding hydrogens is 358 g/mol. The topological polar surface area (TPSA) is 136 Å². The molecule has 1 aromatic carbocycles. The summed E-state index contributed by atoms with van der Waals surface area (Å²) in [5, 5.41) is 21.1. The molecule has 1 aromatic rings. The summed E-state index contributed by atoms with van der Waals surface area (Å²) in [6.07, 6.45) is -1.83. The monoisotopic (exact) mass is 377 g/mol. The van der Waals surface area contributed by atoms with E-state index in [1.807, 2.05) is 6.07 Å². The van der Waals surface area contributed by atoms with Gasteiger partial charge >= 0.3 is 18.1 Å². The summed E-state index contributed by atoms with van der Waals surface area (Å²) in [4.78, 5) is 49.2. The minimum Gasteiger partial charge on any atom is -0.480 e. The number of hydrogen-bond donors (Lipinski definition) is 3. The number of β-amino-alcohol motifs (C(OH)–C–C–N with tert-alkyl or cyclic N) is 1. The quantitative estimate of drug-likeness (QED) is 0.616. The van der Waals surface area contributed by atoms with Crippen LogP contribution in [0.15, 0.2) is 30.3 Å². The lowest BCUT2D eigenvalue weighted by atomic mass is 10.1. The molecule has 3 atom stereocenters. The van der Waals surface area contributed by atoms with Crippen LogP contribution < -0.4 is 5.32 Å². The molecule has 2 saturated heterocycles. The molecule has 0 radical (unpaired) electrons. The first-order valence-corrected chi connectivity index (χ1v) is 8.37. The van der Waals surface area contributed by atoms with E-state index in [0.717, 1.165) is 15.4 Å². The van der Waals surface area contributed by atoms with Crippen molar-refractivity contribution >= 4 is 24.0 Å². The van der Waals surface area contributed by atoms with Crippen molar-refractivity contribution in [2.24, 2.45) is 0 Å². The van der Waals surface area contributed by atoms with Crippen LogP contribution in [0.3, 0.4) is 0 Å². The standard InChI is InChI=1S/C17H19N3O7/c21-11-6-13(15(23)24)19(7-11)17(26)20-8-12(14(20)22)18-16(25)27-9-10-4-2-1-3-5-10/h1-5,11-13,21H,6-9H2,(H,18,25)(H,23,24)/t11-,12-,13-/m0/s1. The number of nitrogens with zero attached hydrogens (tertiary/aromatic N) is 2. The van der Waals surface area contributed by atoms with Crippen molar-refractivity contribution in [3.8, 4) is 0 Å². The Morgan fingerprint density at radius 2 is 1.89 bits per heavy atom. The van der Waals surface area contributed by atoms with Gasteiger partial charge in [-0.25, -0.2) is 14.4 Å². The fourth-order valence-corrected chi connectivity index (χ4v) is 3.03. The highest BCUT2D eigenvalue weighted by molar-refractivity contribution is 6.04. The van der Waals surface area contributed by atoms with Crippen molar-refractivity contribution in [3.63, 3.8) is 0 Å². The van der Waals surface area contributed by atoms with Crippen LogP contribution >= 0.6 is 0 Å². The van der Waals surface area contributed by atoms with Crippen LogP contribution in [0.25, 0.3) is 0 Å². The zero-order valence-electron chi connectivity index (χ0n) is 14.3. The summed E-state index contributed by atoms with van der Waals surface area (Å²) >= 11 is 0. The molecule has 2 heterocycles. The van der Waals surface area contributed by atoms with Crippen molar-refractivity contribution < 1.29 is 34.1 Å². The molecule has 2 aliphatic heterocycles. The molecule has 0 aromatic heterocycles. The number of carboxylic acids is 1. The number of hydrogen-bond acceptors (Lipinski definition) is 6. The number of urea groups is 1. The van der Waals surface area contributed by atoms with Crippen LogP contribution in [-0.4, -0.2) is 75.3 Å². The Kier molecular flexibility index (Phi) is 5.26. The van der Waals surface area contributed by atoms with E-state index in [1.54, 1.807) is 24.3 Å². The highest BCUT2D eigenvalue weighted by atomic mass is 16.5. The maximum atomic E-state index is 12.4. The third-order valence-corrected chi connectivity index (χ3v) is 4.47. The van der Waals surface area contributed by atoms with E-state index in [4.69, 9.17) is 9.84 Å². The first-order chi connectivity index (χ1) is 12.9. The maximum absolute atomic E-state index is 12.4. The van der Waals surface area contributed by atoms with Crippen molar-refractivity contribution in [2.75, 3.05) is 13.1 Å². The molecule has 2 aliphatic rings. The third-order valence-electron chi connectivity index (χ3n) is 4.47. The smallest absolute Gasteiger partial charge is 0.408 e. The SMILES string of the molecule is O=C(N[C@H]1CN(C(=O)N2C[C@@H](O)C[C@H]2C(=O)O)C1=O)OCc1ccccc1. The number of alkyl carbamates (subject to hydrolysis) is 1.